The Morgan fingerprint density at radius 2 is 1.93 bits per heavy atom. The highest BCUT2D eigenvalue weighted by Crippen LogP contribution is 2.27. The van der Waals surface area contributed by atoms with E-state index in [-0.39, 0.29) is 18.8 Å². The number of aryl methyl sites for hydroxylation is 1. The summed E-state index contributed by atoms with van der Waals surface area (Å²) < 4.78 is 5.80. The van der Waals surface area contributed by atoms with Crippen LogP contribution in [0.4, 0.5) is 5.69 Å². The highest BCUT2D eigenvalue weighted by Gasteiger charge is 2.30. The zero-order valence-corrected chi connectivity index (χ0v) is 14.6. The molecule has 2 heterocycles. The number of carbonyl (C=O) groups is 2. The van der Waals surface area contributed by atoms with Crippen molar-refractivity contribution in [3.8, 4) is 11.5 Å². The van der Waals surface area contributed by atoms with Gasteiger partial charge in [0.25, 0.3) is 11.8 Å². The molecule has 4 rings (SSSR count). The Bertz CT molecular complexity index is 1070. The van der Waals surface area contributed by atoms with E-state index in [1.165, 1.54) is 6.08 Å². The third-order valence-corrected chi connectivity index (χ3v) is 4.30. The minimum absolute atomic E-state index is 0.0262. The number of nitrogens with one attached hydrogen (secondary N) is 1. The zero-order valence-electron chi connectivity index (χ0n) is 14.6. The summed E-state index contributed by atoms with van der Waals surface area (Å²) in [4.78, 5) is 29.5. The lowest BCUT2D eigenvalue weighted by atomic mass is 10.1. The molecule has 7 heteroatoms. The lowest BCUT2D eigenvalue weighted by Crippen LogP contribution is -2.34. The summed E-state index contributed by atoms with van der Waals surface area (Å²) in [7, 11) is 0. The normalized spacial score (nSPS) is 14.1. The summed E-state index contributed by atoms with van der Waals surface area (Å²) in [5.41, 5.74) is 4.08. The maximum absolute atomic E-state index is 12.2. The van der Waals surface area contributed by atoms with Gasteiger partial charge in [0, 0.05) is 17.3 Å². The van der Waals surface area contributed by atoms with Gasteiger partial charge in [-0.3, -0.25) is 14.5 Å². The quantitative estimate of drug-likeness (QED) is 0.676. The van der Waals surface area contributed by atoms with Gasteiger partial charge in [-0.05, 0) is 37.3 Å². The fraction of sp³-hybridized carbons (Fsp3) is 0.150. The zero-order chi connectivity index (χ0) is 19.0. The third-order valence-electron chi connectivity index (χ3n) is 4.30. The van der Waals surface area contributed by atoms with Crippen molar-refractivity contribution in [2.45, 2.75) is 6.92 Å². The number of nitrogens with zero attached hydrogens (tertiary/aromatic N) is 2. The second-order valence-corrected chi connectivity index (χ2v) is 6.27. The van der Waals surface area contributed by atoms with Crippen LogP contribution >= 0.6 is 0 Å². The van der Waals surface area contributed by atoms with E-state index in [1.807, 2.05) is 31.2 Å². The molecule has 1 aliphatic heterocycles. The predicted octanol–water partition coefficient (Wildman–Crippen LogP) is 2.46. The van der Waals surface area contributed by atoms with Crippen molar-refractivity contribution in [1.29, 1.82) is 0 Å². The first-order valence-corrected chi connectivity index (χ1v) is 8.48. The lowest BCUT2D eigenvalue weighted by Gasteiger charge is -2.13. The molecule has 2 amide bonds. The van der Waals surface area contributed by atoms with Crippen LogP contribution in [0, 0.1) is 6.92 Å². The second kappa shape index (κ2) is 6.69. The van der Waals surface area contributed by atoms with Crippen LogP contribution in [0.3, 0.4) is 0 Å². The third kappa shape index (κ3) is 3.20. The van der Waals surface area contributed by atoms with Gasteiger partial charge >= 0.3 is 0 Å². The number of imide groups is 1. The summed E-state index contributed by atoms with van der Waals surface area (Å²) in [6, 6.07) is 13.1. The SMILES string of the molecule is Cc1ccc(-c2nc3cc(NC4=CC(=O)N(CCO)C4=O)ccc3o2)cc1. The van der Waals surface area contributed by atoms with Gasteiger partial charge < -0.3 is 14.8 Å². The number of aromatic nitrogens is 1. The smallest absolute Gasteiger partial charge is 0.277 e. The molecular formula is C20H17N3O4. The van der Waals surface area contributed by atoms with Crippen LogP contribution in [-0.2, 0) is 9.59 Å². The van der Waals surface area contributed by atoms with Crippen LogP contribution in [0.5, 0.6) is 0 Å². The molecule has 0 spiro atoms. The summed E-state index contributed by atoms with van der Waals surface area (Å²) in [5, 5.41) is 11.9. The topological polar surface area (TPSA) is 95.7 Å². The molecule has 3 aromatic rings. The number of hydrogen-bond donors (Lipinski definition) is 2. The van der Waals surface area contributed by atoms with E-state index in [9.17, 15) is 9.59 Å². The number of fused-ring (bicyclic) bond motifs is 1. The number of aliphatic hydroxyl groups is 1. The fourth-order valence-corrected chi connectivity index (χ4v) is 2.89. The molecule has 0 aliphatic carbocycles. The average Bonchev–Trinajstić information content (AvgIpc) is 3.19. The van der Waals surface area contributed by atoms with Crippen LogP contribution in [0.25, 0.3) is 22.6 Å². The fourth-order valence-electron chi connectivity index (χ4n) is 2.89. The molecule has 1 aliphatic rings. The van der Waals surface area contributed by atoms with Crippen molar-refractivity contribution in [1.82, 2.24) is 9.88 Å². The molecule has 27 heavy (non-hydrogen) atoms. The van der Waals surface area contributed by atoms with E-state index < -0.39 is 11.8 Å². The van der Waals surface area contributed by atoms with Gasteiger partial charge in [0.15, 0.2) is 5.58 Å². The number of hydrogen-bond acceptors (Lipinski definition) is 6. The van der Waals surface area contributed by atoms with Crippen molar-refractivity contribution in [2.75, 3.05) is 18.5 Å². The molecular weight excluding hydrogens is 346 g/mol. The lowest BCUT2D eigenvalue weighted by molar-refractivity contribution is -0.137. The standard InChI is InChI=1S/C20H17N3O4/c1-12-2-4-13(5-3-12)19-22-15-10-14(6-7-17(15)27-19)21-16-11-18(25)23(8-9-24)20(16)26/h2-7,10-11,21,24H,8-9H2,1H3. The Hall–Kier alpha value is -3.45. The van der Waals surface area contributed by atoms with Crippen molar-refractivity contribution in [2.24, 2.45) is 0 Å². The van der Waals surface area contributed by atoms with Crippen molar-refractivity contribution < 1.29 is 19.1 Å². The van der Waals surface area contributed by atoms with Gasteiger partial charge in [0.2, 0.25) is 5.89 Å². The summed E-state index contributed by atoms with van der Waals surface area (Å²) in [6.07, 6.45) is 1.22. The van der Waals surface area contributed by atoms with Gasteiger partial charge in [0.1, 0.15) is 11.2 Å². The van der Waals surface area contributed by atoms with E-state index in [2.05, 4.69) is 10.3 Å². The first kappa shape index (κ1) is 17.0. The van der Waals surface area contributed by atoms with Gasteiger partial charge in [0.05, 0.1) is 13.2 Å². The molecule has 2 aromatic carbocycles. The van der Waals surface area contributed by atoms with E-state index in [0.717, 1.165) is 16.0 Å². The van der Waals surface area contributed by atoms with E-state index in [4.69, 9.17) is 9.52 Å². The number of benzene rings is 2. The summed E-state index contributed by atoms with van der Waals surface area (Å²) in [6.45, 7) is 1.71. The minimum atomic E-state index is -0.463. The first-order valence-electron chi connectivity index (χ1n) is 8.48. The molecule has 0 saturated heterocycles. The molecule has 0 bridgehead atoms. The van der Waals surface area contributed by atoms with Crippen LogP contribution in [0.2, 0.25) is 0 Å². The molecule has 0 unspecified atom stereocenters. The van der Waals surface area contributed by atoms with Crippen molar-refractivity contribution >= 4 is 28.6 Å². The molecule has 1 aromatic heterocycles. The minimum Gasteiger partial charge on any atom is -0.436 e. The highest BCUT2D eigenvalue weighted by atomic mass is 16.3. The molecule has 2 N–H and O–H groups in total. The van der Waals surface area contributed by atoms with E-state index in [0.29, 0.717) is 22.7 Å². The van der Waals surface area contributed by atoms with E-state index in [1.54, 1.807) is 18.2 Å². The van der Waals surface area contributed by atoms with Crippen LogP contribution < -0.4 is 5.32 Å². The molecule has 0 radical (unpaired) electrons. The van der Waals surface area contributed by atoms with Gasteiger partial charge in [-0.1, -0.05) is 17.7 Å². The van der Waals surface area contributed by atoms with Crippen molar-refractivity contribution in [3.63, 3.8) is 0 Å². The number of anilines is 1. The highest BCUT2D eigenvalue weighted by molar-refractivity contribution is 6.17. The van der Waals surface area contributed by atoms with Gasteiger partial charge in [-0.2, -0.15) is 0 Å². The van der Waals surface area contributed by atoms with Gasteiger partial charge in [-0.15, -0.1) is 0 Å². The van der Waals surface area contributed by atoms with Gasteiger partial charge in [-0.25, -0.2) is 4.98 Å². The number of rotatable bonds is 5. The Morgan fingerprint density at radius 3 is 2.67 bits per heavy atom. The summed E-state index contributed by atoms with van der Waals surface area (Å²) >= 11 is 0. The maximum Gasteiger partial charge on any atom is 0.277 e. The molecule has 0 fully saturated rings. The number of amides is 2. The largest absolute Gasteiger partial charge is 0.436 e. The number of β-amino-alcohol motifs (C(OH)–C–C–N with tert-alkyl or cyclic N) is 1. The molecule has 7 nitrogen and oxygen atoms in total. The Kier molecular flexibility index (Phi) is 4.21. The Balaban J connectivity index is 1.59. The first-order chi connectivity index (χ1) is 13.0. The summed E-state index contributed by atoms with van der Waals surface area (Å²) in [5.74, 6) is -0.391. The van der Waals surface area contributed by atoms with Crippen LogP contribution in [-0.4, -0.2) is 40.0 Å². The Labute approximate surface area is 154 Å². The maximum atomic E-state index is 12.2. The monoisotopic (exact) mass is 363 g/mol. The number of carbonyl (C=O) groups excluding carboxylic acids is 2. The van der Waals surface area contributed by atoms with Crippen molar-refractivity contribution in [3.05, 3.63) is 59.8 Å². The Morgan fingerprint density at radius 1 is 1.15 bits per heavy atom. The molecule has 136 valence electrons. The second-order valence-electron chi connectivity index (χ2n) is 6.27. The van der Waals surface area contributed by atoms with E-state index >= 15 is 0 Å². The number of oxazole rings is 1. The average molecular weight is 363 g/mol. The predicted molar refractivity (Wildman–Crippen MR) is 99.7 cm³/mol. The molecule has 0 saturated carbocycles. The molecule has 0 atom stereocenters. The van der Waals surface area contributed by atoms with Crippen LogP contribution in [0.1, 0.15) is 5.56 Å². The van der Waals surface area contributed by atoms with Crippen LogP contribution in [0.15, 0.2) is 58.7 Å². The number of aliphatic hydroxyl groups excluding tert-OH is 1.